The van der Waals surface area contributed by atoms with Gasteiger partial charge in [0.1, 0.15) is 0 Å². The van der Waals surface area contributed by atoms with E-state index >= 15 is 0 Å². The van der Waals surface area contributed by atoms with Gasteiger partial charge in [0, 0.05) is 19.0 Å². The topological polar surface area (TPSA) is 40.5 Å². The van der Waals surface area contributed by atoms with Crippen LogP contribution in [0.2, 0.25) is 0 Å². The van der Waals surface area contributed by atoms with Crippen LogP contribution in [-0.2, 0) is 11.3 Å². The Morgan fingerprint density at radius 3 is 2.52 bits per heavy atom. The molecule has 2 rings (SSSR count). The third kappa shape index (κ3) is 4.20. The molecule has 1 unspecified atom stereocenters. The molecule has 0 bridgehead atoms. The van der Waals surface area contributed by atoms with Crippen molar-refractivity contribution < 1.29 is 23.1 Å². The first-order chi connectivity index (χ1) is 9.97. The second-order valence-electron chi connectivity index (χ2n) is 5.43. The number of benzene rings is 1. The lowest BCUT2D eigenvalue weighted by Gasteiger charge is -2.35. The van der Waals surface area contributed by atoms with E-state index in [0.717, 1.165) is 37.9 Å². The first-order valence-corrected chi connectivity index (χ1v) is 7.06. The number of piperidine rings is 1. The summed E-state index contributed by atoms with van der Waals surface area (Å²) in [5, 5.41) is 8.76. The summed E-state index contributed by atoms with van der Waals surface area (Å²) in [6.45, 7) is 1.06. The molecule has 1 N–H and O–H groups in total. The fourth-order valence-corrected chi connectivity index (χ4v) is 2.82. The smallest absolute Gasteiger partial charge is 0.303 e. The van der Waals surface area contributed by atoms with Crippen molar-refractivity contribution in [1.29, 1.82) is 0 Å². The molecular formula is C15H18F3NO2. The van der Waals surface area contributed by atoms with Gasteiger partial charge >= 0.3 is 5.97 Å². The van der Waals surface area contributed by atoms with Gasteiger partial charge in [0.05, 0.1) is 0 Å². The van der Waals surface area contributed by atoms with Crippen LogP contribution in [0.25, 0.3) is 0 Å². The number of halogens is 3. The van der Waals surface area contributed by atoms with E-state index in [1.165, 1.54) is 0 Å². The lowest BCUT2D eigenvalue weighted by Crippen LogP contribution is -2.39. The van der Waals surface area contributed by atoms with E-state index in [2.05, 4.69) is 0 Å². The largest absolute Gasteiger partial charge is 0.481 e. The van der Waals surface area contributed by atoms with E-state index in [-0.39, 0.29) is 12.5 Å². The second kappa shape index (κ2) is 6.93. The highest BCUT2D eigenvalue weighted by Crippen LogP contribution is 2.24. The minimum absolute atomic E-state index is 0.0767. The zero-order valence-electron chi connectivity index (χ0n) is 11.6. The molecule has 1 aromatic rings. The Balaban J connectivity index is 2.06. The Kier molecular flexibility index (Phi) is 5.22. The van der Waals surface area contributed by atoms with Crippen LogP contribution in [0.1, 0.15) is 37.7 Å². The molecule has 1 atom stereocenters. The van der Waals surface area contributed by atoms with E-state index in [9.17, 15) is 18.0 Å². The number of carboxylic acids is 1. The summed E-state index contributed by atoms with van der Waals surface area (Å²) in [5.41, 5.74) is 0.369. The lowest BCUT2D eigenvalue weighted by atomic mass is 9.97. The van der Waals surface area contributed by atoms with E-state index in [4.69, 9.17) is 5.11 Å². The van der Waals surface area contributed by atoms with Gasteiger partial charge in [0.2, 0.25) is 0 Å². The average Bonchev–Trinajstić information content (AvgIpc) is 2.43. The van der Waals surface area contributed by atoms with Crippen molar-refractivity contribution >= 4 is 5.97 Å². The summed E-state index contributed by atoms with van der Waals surface area (Å²) in [6, 6.07) is 2.09. The molecule has 0 aromatic heterocycles. The van der Waals surface area contributed by atoms with Crippen LogP contribution in [-0.4, -0.2) is 28.6 Å². The third-order valence-electron chi connectivity index (χ3n) is 3.87. The fraction of sp³-hybridized carbons (Fsp3) is 0.533. The van der Waals surface area contributed by atoms with Crippen molar-refractivity contribution in [2.75, 3.05) is 6.54 Å². The SMILES string of the molecule is O=C(O)CCC1CCCCN1Cc1cc(F)c(F)c(F)c1. The van der Waals surface area contributed by atoms with Gasteiger partial charge < -0.3 is 5.11 Å². The van der Waals surface area contributed by atoms with Crippen LogP contribution in [0, 0.1) is 17.5 Å². The molecule has 6 heteroatoms. The molecule has 1 aliphatic rings. The number of nitrogens with zero attached hydrogens (tertiary/aromatic N) is 1. The summed E-state index contributed by atoms with van der Waals surface area (Å²) in [5.74, 6) is -4.69. The first kappa shape index (κ1) is 15.8. The predicted octanol–water partition coefficient (Wildman–Crippen LogP) is 3.32. The van der Waals surface area contributed by atoms with Gasteiger partial charge in [-0.25, -0.2) is 13.2 Å². The second-order valence-corrected chi connectivity index (χ2v) is 5.43. The van der Waals surface area contributed by atoms with Gasteiger partial charge in [0.15, 0.2) is 17.5 Å². The van der Waals surface area contributed by atoms with E-state index in [0.29, 0.717) is 18.5 Å². The molecule has 1 fully saturated rings. The molecule has 1 saturated heterocycles. The zero-order chi connectivity index (χ0) is 15.4. The molecule has 116 valence electrons. The summed E-state index contributed by atoms with van der Waals surface area (Å²) < 4.78 is 39.4. The average molecular weight is 301 g/mol. The fourth-order valence-electron chi connectivity index (χ4n) is 2.82. The van der Waals surface area contributed by atoms with Gasteiger partial charge in [-0.1, -0.05) is 6.42 Å². The summed E-state index contributed by atoms with van der Waals surface area (Å²) in [6.07, 6.45) is 3.46. The van der Waals surface area contributed by atoms with Crippen molar-refractivity contribution in [1.82, 2.24) is 4.90 Å². The maximum Gasteiger partial charge on any atom is 0.303 e. The Morgan fingerprint density at radius 1 is 1.24 bits per heavy atom. The summed E-state index contributed by atoms with van der Waals surface area (Å²) in [7, 11) is 0. The van der Waals surface area contributed by atoms with Crippen LogP contribution < -0.4 is 0 Å². The van der Waals surface area contributed by atoms with Crippen LogP contribution in [0.5, 0.6) is 0 Å². The predicted molar refractivity (Wildman–Crippen MR) is 71.2 cm³/mol. The Morgan fingerprint density at radius 2 is 1.90 bits per heavy atom. The summed E-state index contributed by atoms with van der Waals surface area (Å²) in [4.78, 5) is 12.7. The molecule has 3 nitrogen and oxygen atoms in total. The molecule has 1 aliphatic heterocycles. The molecule has 0 saturated carbocycles. The highest BCUT2D eigenvalue weighted by molar-refractivity contribution is 5.66. The molecule has 1 heterocycles. The standard InChI is InChI=1S/C15H18F3NO2/c16-12-7-10(8-13(17)15(12)18)9-19-6-2-1-3-11(19)4-5-14(20)21/h7-8,11H,1-6,9H2,(H,20,21). The Labute approximate surface area is 121 Å². The maximum atomic E-state index is 13.2. The van der Waals surface area contributed by atoms with Crippen molar-refractivity contribution in [2.45, 2.75) is 44.7 Å². The molecule has 1 aromatic carbocycles. The molecule has 0 radical (unpaired) electrons. The van der Waals surface area contributed by atoms with Crippen LogP contribution >= 0.6 is 0 Å². The van der Waals surface area contributed by atoms with Gasteiger partial charge in [-0.15, -0.1) is 0 Å². The van der Waals surface area contributed by atoms with Gasteiger partial charge in [-0.3, -0.25) is 9.69 Å². The number of carbonyl (C=O) groups is 1. The first-order valence-electron chi connectivity index (χ1n) is 7.06. The highest BCUT2D eigenvalue weighted by Gasteiger charge is 2.23. The lowest BCUT2D eigenvalue weighted by molar-refractivity contribution is -0.137. The van der Waals surface area contributed by atoms with Crippen LogP contribution in [0.4, 0.5) is 13.2 Å². The van der Waals surface area contributed by atoms with E-state index in [1.807, 2.05) is 4.90 Å². The number of hydrogen-bond acceptors (Lipinski definition) is 2. The number of rotatable bonds is 5. The molecule has 0 aliphatic carbocycles. The summed E-state index contributed by atoms with van der Waals surface area (Å²) >= 11 is 0. The highest BCUT2D eigenvalue weighted by atomic mass is 19.2. The number of aliphatic carboxylic acids is 1. The minimum atomic E-state index is -1.46. The van der Waals surface area contributed by atoms with Gasteiger partial charge in [0.25, 0.3) is 0 Å². The number of likely N-dealkylation sites (tertiary alicyclic amines) is 1. The van der Waals surface area contributed by atoms with E-state index < -0.39 is 23.4 Å². The van der Waals surface area contributed by atoms with Crippen molar-refractivity contribution in [3.63, 3.8) is 0 Å². The third-order valence-corrected chi connectivity index (χ3v) is 3.87. The van der Waals surface area contributed by atoms with Gasteiger partial charge in [-0.05, 0) is 43.5 Å². The monoisotopic (exact) mass is 301 g/mol. The zero-order valence-corrected chi connectivity index (χ0v) is 11.6. The number of hydrogen-bond donors (Lipinski definition) is 1. The normalized spacial score (nSPS) is 19.7. The Hall–Kier alpha value is -1.56. The molecule has 0 spiro atoms. The maximum absolute atomic E-state index is 13.2. The quantitative estimate of drug-likeness (QED) is 0.848. The number of carboxylic acid groups (broad SMARTS) is 1. The van der Waals surface area contributed by atoms with Crippen LogP contribution in [0.15, 0.2) is 12.1 Å². The molecular weight excluding hydrogens is 283 g/mol. The van der Waals surface area contributed by atoms with E-state index in [1.54, 1.807) is 0 Å². The van der Waals surface area contributed by atoms with Crippen molar-refractivity contribution in [2.24, 2.45) is 0 Å². The Bertz CT molecular complexity index is 499. The van der Waals surface area contributed by atoms with Gasteiger partial charge in [-0.2, -0.15) is 0 Å². The molecule has 21 heavy (non-hydrogen) atoms. The minimum Gasteiger partial charge on any atom is -0.481 e. The van der Waals surface area contributed by atoms with Crippen LogP contribution in [0.3, 0.4) is 0 Å². The van der Waals surface area contributed by atoms with Crippen molar-refractivity contribution in [3.05, 3.63) is 35.1 Å². The molecule has 0 amide bonds. The van der Waals surface area contributed by atoms with Crippen molar-refractivity contribution in [3.8, 4) is 0 Å².